The molecule has 0 radical (unpaired) electrons. The third-order valence-corrected chi connectivity index (χ3v) is 2.56. The van der Waals surface area contributed by atoms with Crippen LogP contribution in [0.1, 0.15) is 6.92 Å². The van der Waals surface area contributed by atoms with E-state index in [9.17, 15) is 0 Å². The second kappa shape index (κ2) is 7.72. The van der Waals surface area contributed by atoms with E-state index in [0.717, 1.165) is 0 Å². The molecule has 0 bridgehead atoms. The molecule has 2 heterocycles. The first-order valence-electron chi connectivity index (χ1n) is 6.99. The molecule has 12 heteroatoms. The van der Waals surface area contributed by atoms with Crippen LogP contribution in [0.15, 0.2) is 0 Å². The van der Waals surface area contributed by atoms with Crippen molar-refractivity contribution in [2.45, 2.75) is 6.92 Å². The van der Waals surface area contributed by atoms with E-state index in [1.807, 2.05) is 6.92 Å². The highest BCUT2D eigenvalue weighted by Gasteiger charge is 2.06. The van der Waals surface area contributed by atoms with Gasteiger partial charge in [0.2, 0.25) is 35.7 Å². The molecule has 2 aromatic rings. The molecule has 2 aromatic heterocycles. The largest absolute Gasteiger partial charge is 0.368 e. The maximum absolute atomic E-state index is 5.60. The number of nitrogen functional groups attached to an aromatic ring is 1. The Morgan fingerprint density at radius 1 is 0.696 bits per heavy atom. The summed E-state index contributed by atoms with van der Waals surface area (Å²) >= 11 is 0. The average molecular weight is 320 g/mol. The lowest BCUT2D eigenvalue weighted by Gasteiger charge is -2.10. The number of hydrogen-bond donors (Lipinski definition) is 6. The quantitative estimate of drug-likeness (QED) is 0.350. The van der Waals surface area contributed by atoms with E-state index in [1.54, 1.807) is 14.1 Å². The lowest BCUT2D eigenvalue weighted by Crippen LogP contribution is -2.18. The molecule has 0 unspecified atom stereocenters. The van der Waals surface area contributed by atoms with Gasteiger partial charge in [0.1, 0.15) is 0 Å². The van der Waals surface area contributed by atoms with Gasteiger partial charge in [0.25, 0.3) is 0 Å². The minimum Gasteiger partial charge on any atom is -0.368 e. The molecule has 0 aliphatic carbocycles. The summed E-state index contributed by atoms with van der Waals surface area (Å²) in [4.78, 5) is 24.6. The van der Waals surface area contributed by atoms with Crippen molar-refractivity contribution in [1.29, 1.82) is 0 Å². The van der Waals surface area contributed by atoms with Crippen molar-refractivity contribution >= 4 is 35.7 Å². The molecule has 12 nitrogen and oxygen atoms in total. The molecule has 0 aromatic carbocycles. The molecule has 23 heavy (non-hydrogen) atoms. The zero-order valence-electron chi connectivity index (χ0n) is 13.2. The van der Waals surface area contributed by atoms with Gasteiger partial charge in [-0.2, -0.15) is 29.9 Å². The van der Waals surface area contributed by atoms with Gasteiger partial charge in [-0.15, -0.1) is 0 Å². The van der Waals surface area contributed by atoms with Gasteiger partial charge >= 0.3 is 0 Å². The highest BCUT2D eigenvalue weighted by molar-refractivity contribution is 5.43. The van der Waals surface area contributed by atoms with Crippen LogP contribution in [0.4, 0.5) is 35.7 Å². The van der Waals surface area contributed by atoms with Crippen LogP contribution >= 0.6 is 0 Å². The Labute approximate surface area is 133 Å². The van der Waals surface area contributed by atoms with Crippen LogP contribution in [0, 0.1) is 0 Å². The van der Waals surface area contributed by atoms with E-state index < -0.39 is 0 Å². The zero-order valence-corrected chi connectivity index (χ0v) is 13.2. The van der Waals surface area contributed by atoms with Gasteiger partial charge in [-0.3, -0.25) is 0 Å². The van der Waals surface area contributed by atoms with Crippen LogP contribution in [0.25, 0.3) is 0 Å². The van der Waals surface area contributed by atoms with E-state index in [0.29, 0.717) is 43.0 Å². The summed E-state index contributed by atoms with van der Waals surface area (Å²) in [6.07, 6.45) is 0. The molecule has 0 amide bonds. The summed E-state index contributed by atoms with van der Waals surface area (Å²) in [5.74, 6) is 2.19. The minimum atomic E-state index is 0.124. The Morgan fingerprint density at radius 3 is 1.70 bits per heavy atom. The monoisotopic (exact) mass is 320 g/mol. The molecule has 0 saturated carbocycles. The smallest absolute Gasteiger partial charge is 0.230 e. The lowest BCUT2D eigenvalue weighted by atomic mass is 10.7. The van der Waals surface area contributed by atoms with Crippen molar-refractivity contribution in [3.05, 3.63) is 0 Å². The van der Waals surface area contributed by atoms with Gasteiger partial charge in [-0.1, -0.05) is 0 Å². The Morgan fingerprint density at radius 2 is 1.13 bits per heavy atom. The predicted molar refractivity (Wildman–Crippen MR) is 89.4 cm³/mol. The Bertz CT molecular complexity index is 645. The summed E-state index contributed by atoms with van der Waals surface area (Å²) in [7, 11) is 3.43. The Kier molecular flexibility index (Phi) is 5.44. The second-order valence-electron chi connectivity index (χ2n) is 4.21. The van der Waals surface area contributed by atoms with E-state index >= 15 is 0 Å². The van der Waals surface area contributed by atoms with Gasteiger partial charge < -0.3 is 32.3 Å². The Balaban J connectivity index is 2.00. The highest BCUT2D eigenvalue weighted by Crippen LogP contribution is 2.09. The van der Waals surface area contributed by atoms with Crippen LogP contribution in [-0.2, 0) is 0 Å². The fourth-order valence-corrected chi connectivity index (χ4v) is 1.59. The van der Waals surface area contributed by atoms with Crippen molar-refractivity contribution in [2.24, 2.45) is 0 Å². The van der Waals surface area contributed by atoms with Crippen LogP contribution in [-0.4, -0.2) is 57.2 Å². The van der Waals surface area contributed by atoms with E-state index in [1.165, 1.54) is 0 Å². The van der Waals surface area contributed by atoms with E-state index in [2.05, 4.69) is 56.5 Å². The third kappa shape index (κ3) is 4.66. The molecule has 0 spiro atoms. The summed E-state index contributed by atoms with van der Waals surface area (Å²) in [5.41, 5.74) is 5.60. The van der Waals surface area contributed by atoms with Crippen molar-refractivity contribution in [1.82, 2.24) is 29.9 Å². The number of anilines is 6. The normalized spacial score (nSPS) is 10.0. The van der Waals surface area contributed by atoms with Crippen molar-refractivity contribution in [3.8, 4) is 0 Å². The maximum Gasteiger partial charge on any atom is 0.230 e. The first-order valence-corrected chi connectivity index (χ1v) is 6.99. The van der Waals surface area contributed by atoms with Gasteiger partial charge in [0, 0.05) is 20.6 Å². The minimum absolute atomic E-state index is 0.124. The molecule has 0 aliphatic rings. The fourth-order valence-electron chi connectivity index (χ4n) is 1.59. The summed E-state index contributed by atoms with van der Waals surface area (Å²) in [5, 5.41) is 14.7. The van der Waals surface area contributed by atoms with Crippen LogP contribution < -0.4 is 32.3 Å². The molecule has 2 rings (SSSR count). The number of aromatic nitrogens is 6. The first kappa shape index (κ1) is 16.2. The number of nitrogens with zero attached hydrogens (tertiary/aromatic N) is 6. The third-order valence-electron chi connectivity index (χ3n) is 2.56. The number of nitrogens with two attached hydrogens (primary N) is 1. The van der Waals surface area contributed by atoms with E-state index in [4.69, 9.17) is 5.73 Å². The van der Waals surface area contributed by atoms with Crippen LogP contribution in [0.2, 0.25) is 0 Å². The average Bonchev–Trinajstić information content (AvgIpc) is 2.54. The molecule has 0 fully saturated rings. The van der Waals surface area contributed by atoms with Gasteiger partial charge in [-0.05, 0) is 6.92 Å². The van der Waals surface area contributed by atoms with Crippen LogP contribution in [0.3, 0.4) is 0 Å². The van der Waals surface area contributed by atoms with Gasteiger partial charge in [-0.25, -0.2) is 0 Å². The number of rotatable bonds is 8. The topological polar surface area (TPSA) is 164 Å². The standard InChI is InChI=1S/C11H20N12/c1-4-15-9-21-8(14-3)22-11(23-9)17-5-16-10-19-6(12)18-7(13-2)20-10/h4-5H2,1-3H3,(H4,12,13,16,18,19,20)(H3,14,15,17,21,22,23). The number of hydrogen-bond acceptors (Lipinski definition) is 12. The molecule has 0 aliphatic heterocycles. The number of nitrogens with one attached hydrogen (secondary N) is 5. The molecule has 7 N–H and O–H groups in total. The SMILES string of the molecule is CCNc1nc(NC)nc(NCNc2nc(N)nc(NC)n2)n1. The zero-order chi connectivity index (χ0) is 16.7. The fraction of sp³-hybridized carbons (Fsp3) is 0.455. The molecule has 0 atom stereocenters. The predicted octanol–water partition coefficient (Wildman–Crippen LogP) is -0.364. The van der Waals surface area contributed by atoms with Gasteiger partial charge in [0.05, 0.1) is 6.67 Å². The van der Waals surface area contributed by atoms with Crippen LogP contribution in [0.5, 0.6) is 0 Å². The lowest BCUT2D eigenvalue weighted by molar-refractivity contribution is 0.987. The second-order valence-corrected chi connectivity index (χ2v) is 4.21. The summed E-state index contributed by atoms with van der Waals surface area (Å²) in [6.45, 7) is 2.97. The van der Waals surface area contributed by atoms with E-state index in [-0.39, 0.29) is 5.95 Å². The Hall–Kier alpha value is -3.18. The molecular weight excluding hydrogens is 300 g/mol. The van der Waals surface area contributed by atoms with Gasteiger partial charge in [0.15, 0.2) is 0 Å². The first-order chi connectivity index (χ1) is 11.1. The highest BCUT2D eigenvalue weighted by atomic mass is 15.3. The molecular formula is C11H20N12. The van der Waals surface area contributed by atoms with Crippen molar-refractivity contribution < 1.29 is 0 Å². The molecule has 124 valence electrons. The summed E-state index contributed by atoms with van der Waals surface area (Å²) < 4.78 is 0. The van der Waals surface area contributed by atoms with Crippen molar-refractivity contribution in [2.75, 3.05) is 59.6 Å². The summed E-state index contributed by atoms with van der Waals surface area (Å²) in [6, 6.07) is 0. The molecule has 0 saturated heterocycles. The maximum atomic E-state index is 5.60. The van der Waals surface area contributed by atoms with Crippen molar-refractivity contribution in [3.63, 3.8) is 0 Å².